The van der Waals surface area contributed by atoms with E-state index in [0.717, 1.165) is 44.8 Å². The molecule has 10 heteroatoms. The van der Waals surface area contributed by atoms with Crippen LogP contribution in [0.2, 0.25) is 42.6 Å². The number of fused-ring (bicyclic) bond motifs is 8. The molecule has 0 spiro atoms. The van der Waals surface area contributed by atoms with Gasteiger partial charge in [0.15, 0.2) is 0 Å². The normalized spacial score (nSPS) is 16.1. The molecule has 0 aliphatic carbocycles. The van der Waals surface area contributed by atoms with Crippen LogP contribution in [0.1, 0.15) is 78.2 Å². The summed E-state index contributed by atoms with van der Waals surface area (Å²) < 4.78 is 39.0. The van der Waals surface area contributed by atoms with Gasteiger partial charge in [0.25, 0.3) is 0 Å². The van der Waals surface area contributed by atoms with Crippen LogP contribution in [0.5, 0.6) is 0 Å². The van der Waals surface area contributed by atoms with Crippen molar-refractivity contribution in [1.82, 2.24) is 19.9 Å². The van der Waals surface area contributed by atoms with E-state index in [1.54, 1.807) is 0 Å². The summed E-state index contributed by atoms with van der Waals surface area (Å²) in [6.45, 7) is 20.2. The van der Waals surface area contributed by atoms with Gasteiger partial charge >= 0.3 is 114 Å². The predicted molar refractivity (Wildman–Crippen MR) is 193 cm³/mol. The number of aromatic nitrogens is 4. The molecule has 0 aromatic carbocycles. The SMILES string of the molecule is C1=Cc2cc3ccc(cc4nc(cc5ccc(cc1n2)[nH]5)C=C4)[nH]3.C[CH2][Mn]([CH2]C)([CH2]C)([CH2]C)([CH2]C)([CH2]C)([CH2]C)[CH2]C.F[B-](F)(F)F. The number of hydrogen-bond acceptors (Lipinski definition) is 2. The summed E-state index contributed by atoms with van der Waals surface area (Å²) >= 11 is 0. The van der Waals surface area contributed by atoms with Crippen LogP contribution < -0.4 is 0 Å². The number of aromatic amines is 2. The first-order valence-corrected chi connectivity index (χ1v) is 23.2. The molecule has 2 aliphatic rings. The summed E-state index contributed by atoms with van der Waals surface area (Å²) in [6, 6.07) is 16.4. The molecule has 2 N–H and O–H groups in total. The van der Waals surface area contributed by atoms with Gasteiger partial charge in [-0.1, -0.05) is 0 Å². The molecule has 0 radical (unpaired) electrons. The van der Waals surface area contributed by atoms with Crippen LogP contribution in [0.25, 0.3) is 46.4 Å². The van der Waals surface area contributed by atoms with E-state index < -0.39 is 15.9 Å². The summed E-state index contributed by atoms with van der Waals surface area (Å²) in [5.41, 5.74) is 7.86. The second-order valence-corrected chi connectivity index (χ2v) is 37.0. The van der Waals surface area contributed by atoms with Crippen molar-refractivity contribution in [3.63, 3.8) is 0 Å². The summed E-state index contributed by atoms with van der Waals surface area (Å²) in [5.74, 6) is 0. The standard InChI is InChI=1S/C20H14N4.8C2H5.BF4.Mn/c1-2-14-10-16-5-6-18(23-16)12-20-8-7-19(24-20)11-17-4-3-15(22-17)9-13(1)21-14;8*1-2;2-1(3,4)5;/h1-12,21,24H;8*1H2,2H3;;/q;;;;;;;;;-1;. The summed E-state index contributed by atoms with van der Waals surface area (Å²) in [5, 5.41) is 11.6. The zero-order chi connectivity index (χ0) is 34.4. The van der Waals surface area contributed by atoms with Gasteiger partial charge < -0.3 is 27.2 Å². The minimum Gasteiger partial charge on any atom is -0.418 e. The second-order valence-electron chi connectivity index (χ2n) is 13.8. The molecule has 0 unspecified atom stereocenters. The smallest absolute Gasteiger partial charge is 0.418 e. The van der Waals surface area contributed by atoms with Gasteiger partial charge in [-0.25, -0.2) is 9.97 Å². The zero-order valence-electron chi connectivity index (χ0n) is 28.9. The van der Waals surface area contributed by atoms with Crippen molar-refractivity contribution in [2.45, 2.75) is 97.9 Å². The summed E-state index contributed by atoms with van der Waals surface area (Å²) in [6.07, 6.45) is 8.09. The molecule has 0 fully saturated rings. The molecule has 2 aliphatic heterocycles. The summed E-state index contributed by atoms with van der Waals surface area (Å²) in [7, 11) is -9.44. The van der Waals surface area contributed by atoms with Gasteiger partial charge in [-0.3, -0.25) is 0 Å². The molecule has 0 saturated carbocycles. The Bertz CT molecular complexity index is 1540. The van der Waals surface area contributed by atoms with E-state index in [-0.39, 0.29) is 0 Å². The number of nitrogens with zero attached hydrogens (tertiary/aromatic N) is 2. The predicted octanol–water partition coefficient (Wildman–Crippen LogP) is 13.7. The Morgan fingerprint density at radius 3 is 0.804 bits per heavy atom. The molecule has 5 rings (SSSR count). The second kappa shape index (κ2) is 11.3. The van der Waals surface area contributed by atoms with Crippen LogP contribution in [0, 0.1) is 0 Å². The molecule has 257 valence electrons. The van der Waals surface area contributed by atoms with Gasteiger partial charge in [0, 0.05) is 22.1 Å². The van der Waals surface area contributed by atoms with Crippen molar-refractivity contribution in [3.8, 4) is 0 Å². The van der Waals surface area contributed by atoms with E-state index in [0.29, 0.717) is 0 Å². The Morgan fingerprint density at radius 1 is 0.457 bits per heavy atom. The molecular formula is C36H54BF4MnN4-. The molecule has 3 aromatic rings. The maximum atomic E-state index is 9.75. The van der Waals surface area contributed by atoms with Gasteiger partial charge in [0.05, 0.1) is 22.8 Å². The van der Waals surface area contributed by atoms with Gasteiger partial charge in [0.2, 0.25) is 0 Å². The van der Waals surface area contributed by atoms with Crippen LogP contribution in [-0.4, -0.2) is 27.2 Å². The average Bonchev–Trinajstić information content (AvgIpc) is 3.88. The first-order valence-electron chi connectivity index (χ1n) is 16.5. The maximum absolute atomic E-state index is 9.75. The average molecular weight is 685 g/mol. The van der Waals surface area contributed by atoms with E-state index in [4.69, 9.17) is 0 Å². The van der Waals surface area contributed by atoms with Crippen LogP contribution in [0.4, 0.5) is 17.3 Å². The minimum absolute atomic E-state index is 0.939. The quantitative estimate of drug-likeness (QED) is 0.126. The number of nitrogens with one attached hydrogen (secondary N) is 2. The number of hydrogen-bond donors (Lipinski definition) is 2. The maximum Gasteiger partial charge on any atom is 0.673 e. The Balaban J connectivity index is 0.000000231. The summed E-state index contributed by atoms with van der Waals surface area (Å²) in [4.78, 5) is 16.0. The van der Waals surface area contributed by atoms with E-state index in [1.165, 1.54) is 42.6 Å². The largest absolute Gasteiger partial charge is 0.673 e. The molecule has 46 heavy (non-hydrogen) atoms. The molecule has 0 saturated heterocycles. The van der Waals surface area contributed by atoms with Crippen LogP contribution in [0.15, 0.2) is 48.5 Å². The van der Waals surface area contributed by atoms with Crippen molar-refractivity contribution in [3.05, 3.63) is 71.3 Å². The molecular weight excluding hydrogens is 630 g/mol. The monoisotopic (exact) mass is 684 g/mol. The third-order valence-electron chi connectivity index (χ3n) is 14.6. The van der Waals surface area contributed by atoms with Crippen molar-refractivity contribution < 1.29 is 25.9 Å². The van der Waals surface area contributed by atoms with E-state index in [1.807, 2.05) is 48.6 Å². The minimum atomic E-state index is -6.00. The molecule has 0 amide bonds. The van der Waals surface area contributed by atoms with E-state index >= 15 is 0 Å². The third-order valence-corrected chi connectivity index (χ3v) is 47.7. The fourth-order valence-electron chi connectivity index (χ4n) is 8.23. The van der Waals surface area contributed by atoms with Gasteiger partial charge in [-0.2, -0.15) is 0 Å². The molecule has 4 nitrogen and oxygen atoms in total. The third kappa shape index (κ3) is 5.92. The Labute approximate surface area is 268 Å². The molecule has 0 atom stereocenters. The van der Waals surface area contributed by atoms with Crippen molar-refractivity contribution in [2.75, 3.05) is 0 Å². The Morgan fingerprint density at radius 2 is 0.652 bits per heavy atom. The first-order chi connectivity index (χ1) is 21.5. The van der Waals surface area contributed by atoms with E-state index in [9.17, 15) is 17.3 Å². The Kier molecular flexibility index (Phi) is 9.15. The van der Waals surface area contributed by atoms with Crippen LogP contribution in [0.3, 0.4) is 0 Å². The van der Waals surface area contributed by atoms with Crippen molar-refractivity contribution in [1.29, 1.82) is 0 Å². The molecule has 3 aromatic heterocycles. The topological polar surface area (TPSA) is 57.4 Å². The Hall–Kier alpha value is -3.10. The zero-order valence-corrected chi connectivity index (χ0v) is 30.1. The van der Waals surface area contributed by atoms with Crippen LogP contribution >= 0.6 is 0 Å². The number of rotatable bonds is 8. The van der Waals surface area contributed by atoms with E-state index in [2.05, 4.69) is 99.6 Å². The molecule has 5 heterocycles. The fourth-order valence-corrected chi connectivity index (χ4v) is 24.8. The number of H-pyrrole nitrogens is 2. The van der Waals surface area contributed by atoms with Crippen molar-refractivity contribution >= 4 is 53.6 Å². The molecule has 8 bridgehead atoms. The van der Waals surface area contributed by atoms with Crippen molar-refractivity contribution in [2.24, 2.45) is 0 Å². The van der Waals surface area contributed by atoms with Gasteiger partial charge in [-0.15, -0.1) is 0 Å². The van der Waals surface area contributed by atoms with Crippen LogP contribution in [-0.2, 0) is 8.62 Å². The number of halogens is 4. The van der Waals surface area contributed by atoms with Gasteiger partial charge in [-0.05, 0) is 72.8 Å². The first kappa shape index (κ1) is 37.4. The fraction of sp³-hybridized carbons (Fsp3) is 0.444. The van der Waals surface area contributed by atoms with Gasteiger partial charge in [0.1, 0.15) is 0 Å².